The first-order chi connectivity index (χ1) is 6.18. The van der Waals surface area contributed by atoms with Crippen LogP contribution in [-0.2, 0) is 0 Å². The molecule has 0 saturated carbocycles. The molecule has 0 fully saturated rings. The minimum atomic E-state index is 1.15. The second-order valence-electron chi connectivity index (χ2n) is 3.37. The van der Waals surface area contributed by atoms with Crippen molar-refractivity contribution in [1.82, 2.24) is 0 Å². The van der Waals surface area contributed by atoms with E-state index in [1.54, 1.807) is 0 Å². The van der Waals surface area contributed by atoms with Crippen molar-refractivity contribution in [1.29, 1.82) is 0 Å². The van der Waals surface area contributed by atoms with Crippen molar-refractivity contribution in [3.63, 3.8) is 0 Å². The molecule has 0 aromatic heterocycles. The average Bonchev–Trinajstić information content (AvgIpc) is 2.12. The van der Waals surface area contributed by atoms with Gasteiger partial charge in [-0.05, 0) is 47.9 Å². The summed E-state index contributed by atoms with van der Waals surface area (Å²) in [6, 6.07) is 10.7. The van der Waals surface area contributed by atoms with E-state index in [0.717, 1.165) is 4.47 Å². The van der Waals surface area contributed by atoms with Crippen LogP contribution in [0.1, 0.15) is 11.1 Å². The number of aryl methyl sites for hydroxylation is 2. The van der Waals surface area contributed by atoms with Gasteiger partial charge in [0.25, 0.3) is 0 Å². The summed E-state index contributed by atoms with van der Waals surface area (Å²) < 4.78 is 1.15. The van der Waals surface area contributed by atoms with Gasteiger partial charge in [-0.1, -0.05) is 34.1 Å². The van der Waals surface area contributed by atoms with Crippen molar-refractivity contribution in [2.75, 3.05) is 0 Å². The molecule has 2 rings (SSSR count). The molecule has 0 amide bonds. The van der Waals surface area contributed by atoms with Gasteiger partial charge in [-0.15, -0.1) is 0 Å². The van der Waals surface area contributed by atoms with Gasteiger partial charge in [0.05, 0.1) is 0 Å². The third-order valence-corrected chi connectivity index (χ3v) is 3.02. The highest BCUT2D eigenvalue weighted by Crippen LogP contribution is 2.24. The molecule has 0 atom stereocenters. The topological polar surface area (TPSA) is 0 Å². The minimum Gasteiger partial charge on any atom is -0.0584 e. The summed E-state index contributed by atoms with van der Waals surface area (Å²) in [4.78, 5) is 0. The molecule has 0 radical (unpaired) electrons. The first kappa shape index (κ1) is 8.76. The van der Waals surface area contributed by atoms with Gasteiger partial charge >= 0.3 is 0 Å². The average molecular weight is 235 g/mol. The summed E-state index contributed by atoms with van der Waals surface area (Å²) in [5, 5.41) is 2.65. The van der Waals surface area contributed by atoms with E-state index in [1.807, 2.05) is 0 Å². The zero-order valence-corrected chi connectivity index (χ0v) is 9.35. The normalized spacial score (nSPS) is 10.7. The van der Waals surface area contributed by atoms with E-state index in [-0.39, 0.29) is 0 Å². The third-order valence-electron chi connectivity index (χ3n) is 2.52. The maximum absolute atomic E-state index is 3.49. The SMILES string of the molecule is Cc1ccc2ccc(Br)cc2c1C. The number of halogens is 1. The summed E-state index contributed by atoms with van der Waals surface area (Å²) in [6.07, 6.45) is 0. The van der Waals surface area contributed by atoms with Gasteiger partial charge < -0.3 is 0 Å². The first-order valence-electron chi connectivity index (χ1n) is 4.34. The summed E-state index contributed by atoms with van der Waals surface area (Å²) >= 11 is 3.49. The molecule has 2 aromatic carbocycles. The molecule has 0 spiro atoms. The van der Waals surface area contributed by atoms with Crippen molar-refractivity contribution in [3.05, 3.63) is 45.9 Å². The summed E-state index contributed by atoms with van der Waals surface area (Å²) in [5.74, 6) is 0. The van der Waals surface area contributed by atoms with Crippen LogP contribution in [0.15, 0.2) is 34.8 Å². The van der Waals surface area contributed by atoms with Crippen LogP contribution in [0, 0.1) is 13.8 Å². The van der Waals surface area contributed by atoms with Gasteiger partial charge in [0, 0.05) is 4.47 Å². The van der Waals surface area contributed by atoms with E-state index in [1.165, 1.54) is 21.9 Å². The lowest BCUT2D eigenvalue weighted by Gasteiger charge is -2.05. The smallest absolute Gasteiger partial charge is 0.0181 e. The molecule has 0 nitrogen and oxygen atoms in total. The molecular weight excluding hydrogens is 224 g/mol. The Labute approximate surface area is 86.7 Å². The van der Waals surface area contributed by atoms with E-state index in [9.17, 15) is 0 Å². The van der Waals surface area contributed by atoms with Gasteiger partial charge in [-0.25, -0.2) is 0 Å². The monoisotopic (exact) mass is 234 g/mol. The minimum absolute atomic E-state index is 1.15. The van der Waals surface area contributed by atoms with Crippen LogP contribution in [-0.4, -0.2) is 0 Å². The lowest BCUT2D eigenvalue weighted by Crippen LogP contribution is -1.83. The first-order valence-corrected chi connectivity index (χ1v) is 5.13. The lowest BCUT2D eigenvalue weighted by atomic mass is 10.0. The molecular formula is C12H11Br. The number of benzene rings is 2. The van der Waals surface area contributed by atoms with Crippen LogP contribution < -0.4 is 0 Å². The number of rotatable bonds is 0. The maximum Gasteiger partial charge on any atom is 0.0181 e. The lowest BCUT2D eigenvalue weighted by molar-refractivity contribution is 1.38. The van der Waals surface area contributed by atoms with E-state index < -0.39 is 0 Å². The van der Waals surface area contributed by atoms with Crippen LogP contribution in [0.2, 0.25) is 0 Å². The van der Waals surface area contributed by atoms with Gasteiger partial charge in [-0.3, -0.25) is 0 Å². The Bertz CT molecular complexity index is 453. The quantitative estimate of drug-likeness (QED) is 0.641. The maximum atomic E-state index is 3.49. The van der Waals surface area contributed by atoms with Crippen molar-refractivity contribution in [2.24, 2.45) is 0 Å². The van der Waals surface area contributed by atoms with Crippen molar-refractivity contribution in [2.45, 2.75) is 13.8 Å². The molecule has 0 saturated heterocycles. The molecule has 0 aliphatic carbocycles. The molecule has 1 heteroatoms. The number of hydrogen-bond acceptors (Lipinski definition) is 0. The Hall–Kier alpha value is -0.820. The third kappa shape index (κ3) is 1.49. The molecule has 2 aromatic rings. The van der Waals surface area contributed by atoms with E-state index in [2.05, 4.69) is 60.1 Å². The summed E-state index contributed by atoms with van der Waals surface area (Å²) in [7, 11) is 0. The van der Waals surface area contributed by atoms with Crippen molar-refractivity contribution >= 4 is 26.7 Å². The van der Waals surface area contributed by atoms with Crippen molar-refractivity contribution < 1.29 is 0 Å². The summed E-state index contributed by atoms with van der Waals surface area (Å²) in [6.45, 7) is 4.32. The van der Waals surface area contributed by atoms with Crippen LogP contribution in [0.3, 0.4) is 0 Å². The molecule has 0 unspecified atom stereocenters. The Morgan fingerprint density at radius 3 is 2.46 bits per heavy atom. The number of hydrogen-bond donors (Lipinski definition) is 0. The highest BCUT2D eigenvalue weighted by molar-refractivity contribution is 9.10. The highest BCUT2D eigenvalue weighted by Gasteiger charge is 1.99. The Morgan fingerprint density at radius 1 is 1.00 bits per heavy atom. The van der Waals surface area contributed by atoms with Gasteiger partial charge in [0.15, 0.2) is 0 Å². The van der Waals surface area contributed by atoms with E-state index in [4.69, 9.17) is 0 Å². The molecule has 0 N–H and O–H groups in total. The Kier molecular flexibility index (Phi) is 2.12. The second kappa shape index (κ2) is 3.15. The molecule has 66 valence electrons. The van der Waals surface area contributed by atoms with Crippen molar-refractivity contribution in [3.8, 4) is 0 Å². The zero-order valence-electron chi connectivity index (χ0n) is 7.76. The van der Waals surface area contributed by atoms with Crippen LogP contribution in [0.25, 0.3) is 10.8 Å². The molecule has 0 aliphatic rings. The largest absolute Gasteiger partial charge is 0.0584 e. The highest BCUT2D eigenvalue weighted by atomic mass is 79.9. The summed E-state index contributed by atoms with van der Waals surface area (Å²) in [5.41, 5.74) is 2.73. The molecule has 0 heterocycles. The standard InChI is InChI=1S/C12H11Br/c1-8-3-4-10-5-6-11(13)7-12(10)9(8)2/h3-7H,1-2H3. The van der Waals surface area contributed by atoms with Crippen LogP contribution in [0.5, 0.6) is 0 Å². The van der Waals surface area contributed by atoms with Gasteiger partial charge in [0.2, 0.25) is 0 Å². The van der Waals surface area contributed by atoms with Gasteiger partial charge in [0.1, 0.15) is 0 Å². The Balaban J connectivity index is 2.89. The predicted octanol–water partition coefficient (Wildman–Crippen LogP) is 4.22. The number of fused-ring (bicyclic) bond motifs is 1. The van der Waals surface area contributed by atoms with Crippen LogP contribution >= 0.6 is 15.9 Å². The second-order valence-corrected chi connectivity index (χ2v) is 4.29. The van der Waals surface area contributed by atoms with Gasteiger partial charge in [-0.2, -0.15) is 0 Å². The van der Waals surface area contributed by atoms with Crippen LogP contribution in [0.4, 0.5) is 0 Å². The zero-order chi connectivity index (χ0) is 9.42. The Morgan fingerprint density at radius 2 is 1.69 bits per heavy atom. The van der Waals surface area contributed by atoms with E-state index >= 15 is 0 Å². The predicted molar refractivity (Wildman–Crippen MR) is 61.1 cm³/mol. The molecule has 13 heavy (non-hydrogen) atoms. The molecule has 0 aliphatic heterocycles. The fourth-order valence-corrected chi connectivity index (χ4v) is 1.91. The fraction of sp³-hybridized carbons (Fsp3) is 0.167. The molecule has 0 bridgehead atoms. The fourth-order valence-electron chi connectivity index (χ4n) is 1.55. The van der Waals surface area contributed by atoms with E-state index in [0.29, 0.717) is 0 Å².